The third-order valence-electron chi connectivity index (χ3n) is 2.63. The van der Waals surface area contributed by atoms with Crippen molar-refractivity contribution in [1.82, 2.24) is 0 Å². The van der Waals surface area contributed by atoms with Crippen LogP contribution < -0.4 is 5.73 Å². The van der Waals surface area contributed by atoms with Crippen molar-refractivity contribution in [2.24, 2.45) is 0 Å². The quantitative estimate of drug-likeness (QED) is 0.528. The standard InChI is InChI=1S/C14H15NO3S/c1-9-3-4-10(15)7-13(9)19-8-11-5-6-12(18-11)14(16)17-2/h3-7H,8,15H2,1-2H3. The lowest BCUT2D eigenvalue weighted by molar-refractivity contribution is 0.0563. The molecule has 2 aromatic rings. The largest absolute Gasteiger partial charge is 0.463 e. The van der Waals surface area contributed by atoms with Crippen molar-refractivity contribution in [3.05, 3.63) is 47.4 Å². The lowest BCUT2D eigenvalue weighted by Gasteiger charge is -2.05. The topological polar surface area (TPSA) is 65.5 Å². The Morgan fingerprint density at radius 2 is 2.16 bits per heavy atom. The molecule has 0 saturated heterocycles. The Balaban J connectivity index is 2.04. The first-order chi connectivity index (χ1) is 9.10. The molecule has 0 aliphatic carbocycles. The molecule has 1 aromatic heterocycles. The van der Waals surface area contributed by atoms with Crippen LogP contribution in [0.1, 0.15) is 21.9 Å². The fourth-order valence-electron chi connectivity index (χ4n) is 1.59. The maximum atomic E-state index is 11.3. The van der Waals surface area contributed by atoms with E-state index < -0.39 is 5.97 Å². The van der Waals surface area contributed by atoms with Gasteiger partial charge in [0.2, 0.25) is 5.76 Å². The van der Waals surface area contributed by atoms with Crippen LogP contribution in [0.15, 0.2) is 39.6 Å². The summed E-state index contributed by atoms with van der Waals surface area (Å²) < 4.78 is 9.99. The van der Waals surface area contributed by atoms with Gasteiger partial charge in [-0.25, -0.2) is 4.79 Å². The Labute approximate surface area is 115 Å². The number of benzene rings is 1. The summed E-state index contributed by atoms with van der Waals surface area (Å²) in [6, 6.07) is 9.19. The molecule has 0 aliphatic heterocycles. The van der Waals surface area contributed by atoms with Gasteiger partial charge in [0, 0.05) is 10.6 Å². The molecule has 0 amide bonds. The van der Waals surface area contributed by atoms with Gasteiger partial charge in [-0.2, -0.15) is 0 Å². The molecule has 0 spiro atoms. The molecule has 2 rings (SSSR count). The Morgan fingerprint density at radius 1 is 1.37 bits per heavy atom. The van der Waals surface area contributed by atoms with E-state index in [1.807, 2.05) is 25.1 Å². The van der Waals surface area contributed by atoms with Crippen molar-refractivity contribution in [2.75, 3.05) is 12.8 Å². The maximum absolute atomic E-state index is 11.3. The number of thioether (sulfide) groups is 1. The number of nitrogen functional groups attached to an aromatic ring is 1. The number of hydrogen-bond donors (Lipinski definition) is 1. The molecule has 0 bridgehead atoms. The lowest BCUT2D eigenvalue weighted by Crippen LogP contribution is -1.98. The molecule has 19 heavy (non-hydrogen) atoms. The molecular weight excluding hydrogens is 262 g/mol. The summed E-state index contributed by atoms with van der Waals surface area (Å²) in [5.74, 6) is 1.13. The van der Waals surface area contributed by atoms with Crippen LogP contribution in [0, 0.1) is 6.92 Å². The first-order valence-corrected chi connectivity index (χ1v) is 6.74. The molecule has 0 saturated carbocycles. The summed E-state index contributed by atoms with van der Waals surface area (Å²) >= 11 is 1.62. The predicted molar refractivity (Wildman–Crippen MR) is 75.2 cm³/mol. The van der Waals surface area contributed by atoms with Crippen LogP contribution >= 0.6 is 11.8 Å². The summed E-state index contributed by atoms with van der Waals surface area (Å²) in [6.45, 7) is 2.03. The SMILES string of the molecule is COC(=O)c1ccc(CSc2cc(N)ccc2C)o1. The third kappa shape index (κ3) is 3.32. The molecule has 100 valence electrons. The average molecular weight is 277 g/mol. The third-order valence-corrected chi connectivity index (χ3v) is 3.81. The molecule has 0 atom stereocenters. The molecule has 4 nitrogen and oxygen atoms in total. The summed E-state index contributed by atoms with van der Waals surface area (Å²) in [5, 5.41) is 0. The number of anilines is 1. The van der Waals surface area contributed by atoms with Crippen LogP contribution in [0.5, 0.6) is 0 Å². The van der Waals surface area contributed by atoms with E-state index in [0.717, 1.165) is 16.3 Å². The molecule has 1 aromatic carbocycles. The molecular formula is C14H15NO3S. The van der Waals surface area contributed by atoms with Gasteiger partial charge in [0.25, 0.3) is 0 Å². The number of nitrogens with two attached hydrogens (primary N) is 1. The van der Waals surface area contributed by atoms with E-state index in [1.165, 1.54) is 12.7 Å². The molecule has 0 unspecified atom stereocenters. The van der Waals surface area contributed by atoms with Gasteiger partial charge in [0.05, 0.1) is 12.9 Å². The fourth-order valence-corrected chi connectivity index (χ4v) is 2.55. The highest BCUT2D eigenvalue weighted by atomic mass is 32.2. The normalized spacial score (nSPS) is 10.4. The van der Waals surface area contributed by atoms with Gasteiger partial charge in [0.1, 0.15) is 5.76 Å². The number of methoxy groups -OCH3 is 1. The van der Waals surface area contributed by atoms with Gasteiger partial charge in [-0.3, -0.25) is 0 Å². The molecule has 0 radical (unpaired) electrons. The van der Waals surface area contributed by atoms with Crippen LogP contribution in [-0.2, 0) is 10.5 Å². The minimum absolute atomic E-state index is 0.224. The van der Waals surface area contributed by atoms with Crippen molar-refractivity contribution in [3.8, 4) is 0 Å². The first kappa shape index (κ1) is 13.5. The van der Waals surface area contributed by atoms with E-state index in [1.54, 1.807) is 23.9 Å². The second kappa shape index (κ2) is 5.84. The molecule has 0 aliphatic rings. The number of carbonyl (C=O) groups is 1. The van der Waals surface area contributed by atoms with Crippen LogP contribution in [0.4, 0.5) is 5.69 Å². The highest BCUT2D eigenvalue weighted by Gasteiger charge is 2.11. The smallest absolute Gasteiger partial charge is 0.373 e. The highest BCUT2D eigenvalue weighted by Crippen LogP contribution is 2.28. The summed E-state index contributed by atoms with van der Waals surface area (Å²) in [6.07, 6.45) is 0. The number of esters is 1. The van der Waals surface area contributed by atoms with E-state index in [4.69, 9.17) is 10.2 Å². The fraction of sp³-hybridized carbons (Fsp3) is 0.214. The van der Waals surface area contributed by atoms with Gasteiger partial charge in [-0.05, 0) is 36.8 Å². The Hall–Kier alpha value is -1.88. The minimum Gasteiger partial charge on any atom is -0.463 e. The molecule has 1 heterocycles. The van der Waals surface area contributed by atoms with Crippen molar-refractivity contribution in [2.45, 2.75) is 17.6 Å². The van der Waals surface area contributed by atoms with Crippen molar-refractivity contribution in [3.63, 3.8) is 0 Å². The zero-order valence-electron chi connectivity index (χ0n) is 10.8. The second-order valence-corrected chi connectivity index (χ2v) is 5.09. The van der Waals surface area contributed by atoms with E-state index in [-0.39, 0.29) is 5.76 Å². The number of aryl methyl sites for hydroxylation is 1. The predicted octanol–water partition coefficient (Wildman–Crippen LogP) is 3.25. The first-order valence-electron chi connectivity index (χ1n) is 5.76. The Kier molecular flexibility index (Phi) is 4.16. The van der Waals surface area contributed by atoms with Gasteiger partial charge < -0.3 is 14.9 Å². The van der Waals surface area contributed by atoms with Gasteiger partial charge in [0.15, 0.2) is 0 Å². The Morgan fingerprint density at radius 3 is 2.89 bits per heavy atom. The monoisotopic (exact) mass is 277 g/mol. The van der Waals surface area contributed by atoms with Crippen molar-refractivity contribution >= 4 is 23.4 Å². The number of carbonyl (C=O) groups excluding carboxylic acids is 1. The zero-order chi connectivity index (χ0) is 13.8. The average Bonchev–Trinajstić information content (AvgIpc) is 2.88. The molecule has 0 fully saturated rings. The lowest BCUT2D eigenvalue weighted by atomic mass is 10.2. The van der Waals surface area contributed by atoms with Crippen LogP contribution in [0.3, 0.4) is 0 Å². The second-order valence-electron chi connectivity index (χ2n) is 4.07. The zero-order valence-corrected chi connectivity index (χ0v) is 11.6. The van der Waals surface area contributed by atoms with Crippen molar-refractivity contribution in [1.29, 1.82) is 0 Å². The summed E-state index contributed by atoms with van der Waals surface area (Å²) in [4.78, 5) is 12.4. The Bertz CT molecular complexity index is 592. The van der Waals surface area contributed by atoms with Crippen molar-refractivity contribution < 1.29 is 13.9 Å². The van der Waals surface area contributed by atoms with Crippen LogP contribution in [0.2, 0.25) is 0 Å². The van der Waals surface area contributed by atoms with Gasteiger partial charge in [-0.1, -0.05) is 6.07 Å². The highest BCUT2D eigenvalue weighted by molar-refractivity contribution is 7.98. The van der Waals surface area contributed by atoms with Crippen LogP contribution in [0.25, 0.3) is 0 Å². The van der Waals surface area contributed by atoms with Gasteiger partial charge in [-0.15, -0.1) is 11.8 Å². The number of hydrogen-bond acceptors (Lipinski definition) is 5. The maximum Gasteiger partial charge on any atom is 0.373 e. The van der Waals surface area contributed by atoms with E-state index in [0.29, 0.717) is 5.75 Å². The van der Waals surface area contributed by atoms with Gasteiger partial charge >= 0.3 is 5.97 Å². The number of rotatable bonds is 4. The molecule has 5 heteroatoms. The van der Waals surface area contributed by atoms with E-state index >= 15 is 0 Å². The van der Waals surface area contributed by atoms with E-state index in [9.17, 15) is 4.79 Å². The molecule has 2 N–H and O–H groups in total. The van der Waals surface area contributed by atoms with Crippen LogP contribution in [-0.4, -0.2) is 13.1 Å². The van der Waals surface area contributed by atoms with E-state index in [2.05, 4.69) is 4.74 Å². The summed E-state index contributed by atoms with van der Waals surface area (Å²) in [5.41, 5.74) is 7.66. The minimum atomic E-state index is -0.462. The number of furan rings is 1. The number of ether oxygens (including phenoxy) is 1. The summed E-state index contributed by atoms with van der Waals surface area (Å²) in [7, 11) is 1.33.